The van der Waals surface area contributed by atoms with Crippen molar-refractivity contribution in [1.29, 1.82) is 0 Å². The molecule has 3 aromatic rings. The highest BCUT2D eigenvalue weighted by Gasteiger charge is 2.77. The molecule has 1 N–H and O–H groups in total. The number of carbonyl (C=O) groups is 5. The molecule has 2 heterocycles. The first-order valence-corrected chi connectivity index (χ1v) is 17.0. The third-order valence-corrected chi connectivity index (χ3v) is 12.4. The lowest BCUT2D eigenvalue weighted by molar-refractivity contribution is -0.125. The molecule has 2 aliphatic carbocycles. The van der Waals surface area contributed by atoms with Crippen LogP contribution >= 0.6 is 39.1 Å². The van der Waals surface area contributed by atoms with Crippen molar-refractivity contribution in [3.63, 3.8) is 0 Å². The Morgan fingerprint density at radius 1 is 0.885 bits per heavy atom. The molecule has 52 heavy (non-hydrogen) atoms. The molecule has 17 heteroatoms. The Kier molecular flexibility index (Phi) is 8.39. The van der Waals surface area contributed by atoms with Gasteiger partial charge in [-0.3, -0.25) is 28.9 Å². The van der Waals surface area contributed by atoms with E-state index >= 15 is 8.78 Å². The van der Waals surface area contributed by atoms with Crippen LogP contribution in [-0.2, 0) is 19.2 Å². The number of ketones is 1. The minimum atomic E-state index is -2.75. The van der Waals surface area contributed by atoms with E-state index < -0.39 is 104 Å². The van der Waals surface area contributed by atoms with Crippen LogP contribution in [0, 0.1) is 46.8 Å². The van der Waals surface area contributed by atoms with E-state index in [1.165, 1.54) is 56.5 Å². The van der Waals surface area contributed by atoms with Crippen LogP contribution < -0.4 is 14.5 Å². The summed E-state index contributed by atoms with van der Waals surface area (Å²) >= 11 is 17.5. The Morgan fingerprint density at radius 3 is 2.06 bits per heavy atom. The van der Waals surface area contributed by atoms with Crippen LogP contribution in [0.4, 0.5) is 33.3 Å². The maximum absolute atomic E-state index is 15.3. The van der Waals surface area contributed by atoms with Gasteiger partial charge in [-0.05, 0) is 83.6 Å². The van der Waals surface area contributed by atoms with Crippen LogP contribution in [0.2, 0.25) is 0 Å². The molecule has 0 spiro atoms. The fraction of sp³-hybridized carbons (Fsp3) is 0.286. The second-order valence-electron chi connectivity index (χ2n) is 12.9. The van der Waals surface area contributed by atoms with Gasteiger partial charge in [-0.25, -0.2) is 26.9 Å². The Bertz CT molecular complexity index is 2190. The number of phenolic OH excluding ortho intramolecular Hbond substituents is 1. The zero-order valence-electron chi connectivity index (χ0n) is 26.6. The summed E-state index contributed by atoms with van der Waals surface area (Å²) in [4.78, 5) is 63.9. The van der Waals surface area contributed by atoms with Crippen molar-refractivity contribution in [2.45, 2.75) is 35.4 Å². The van der Waals surface area contributed by atoms with Crippen molar-refractivity contribution >= 4 is 79.9 Å². The third-order valence-electron chi connectivity index (χ3n) is 10.4. The van der Waals surface area contributed by atoms with Gasteiger partial charge in [0.1, 0.15) is 5.69 Å². The molecule has 1 saturated carbocycles. The number of ether oxygens (including phenoxy) is 1. The van der Waals surface area contributed by atoms with Gasteiger partial charge in [0.05, 0.1) is 29.1 Å². The van der Waals surface area contributed by atoms with Gasteiger partial charge in [0.2, 0.25) is 17.6 Å². The number of hydrogen-bond acceptors (Lipinski definition) is 7. The number of benzene rings is 3. The lowest BCUT2D eigenvalue weighted by Gasteiger charge is -2.50. The molecule has 270 valence electrons. The molecular weight excluding hydrogens is 806 g/mol. The standard InChI is InChI=1S/C35H22BrCl2F5N2O7/c1-12(46)13-3-5-15(6-4-13)44-30(48)17-8-7-16-18(21(17)31(44)49)11-34(37)32(50)45(28-26(42)24(40)23(39)25(41)27(28)43)33(51)35(34,38)22(16)14-9-19(36)29(47)20(10-14)52-2/h3-7,9-10,17-18,21-22,47H,8,11H2,1-2H3/t17-,18+,21-,22-,34+,35-/m0/s1. The number of halogens is 8. The quantitative estimate of drug-likeness (QED) is 0.0570. The molecule has 0 unspecified atom stereocenters. The molecule has 3 aromatic carbocycles. The number of rotatable bonds is 5. The number of Topliss-reactive ketones (excluding diaryl/α,β-unsaturated/α-hetero) is 1. The summed E-state index contributed by atoms with van der Waals surface area (Å²) in [6.45, 7) is 1.34. The average molecular weight is 828 g/mol. The highest BCUT2D eigenvalue weighted by atomic mass is 79.9. The van der Waals surface area contributed by atoms with E-state index in [0.29, 0.717) is 5.56 Å². The van der Waals surface area contributed by atoms with E-state index in [2.05, 4.69) is 15.9 Å². The van der Waals surface area contributed by atoms with E-state index in [1.807, 2.05) is 0 Å². The highest BCUT2D eigenvalue weighted by molar-refractivity contribution is 9.10. The molecule has 4 aliphatic rings. The molecule has 2 saturated heterocycles. The van der Waals surface area contributed by atoms with Gasteiger partial charge in [0.15, 0.2) is 50.3 Å². The Morgan fingerprint density at radius 2 is 1.48 bits per heavy atom. The van der Waals surface area contributed by atoms with Crippen molar-refractivity contribution in [2.75, 3.05) is 16.9 Å². The molecule has 9 nitrogen and oxygen atoms in total. The molecular formula is C35H22BrCl2F5N2O7. The Balaban J connectivity index is 1.43. The summed E-state index contributed by atoms with van der Waals surface area (Å²) in [5.74, 6) is -22.8. The topological polar surface area (TPSA) is 121 Å². The van der Waals surface area contributed by atoms with Crippen LogP contribution in [-0.4, -0.2) is 51.4 Å². The first-order chi connectivity index (χ1) is 24.4. The lowest BCUT2D eigenvalue weighted by atomic mass is 9.56. The molecule has 4 amide bonds. The van der Waals surface area contributed by atoms with Crippen LogP contribution in [0.5, 0.6) is 11.5 Å². The monoisotopic (exact) mass is 826 g/mol. The summed E-state index contributed by atoms with van der Waals surface area (Å²) in [7, 11) is 1.21. The van der Waals surface area contributed by atoms with E-state index in [-0.39, 0.29) is 44.2 Å². The van der Waals surface area contributed by atoms with Gasteiger partial charge in [-0.15, -0.1) is 23.2 Å². The SMILES string of the molecule is COc1cc([C@H]2C3=CC[C@@H]4C(=O)N(c5ccc(C(C)=O)cc5)C(=O)[C@@H]4[C@@H]3C[C@@]3(Cl)C(=O)N(c4c(F)c(F)c(F)c(F)c4F)C(=O)[C@@]23Cl)cc(Br)c1O. The molecule has 6 atom stereocenters. The number of fused-ring (bicyclic) bond motifs is 4. The number of allylic oxidation sites excluding steroid dienone is 2. The minimum Gasteiger partial charge on any atom is -0.503 e. The molecule has 0 radical (unpaired) electrons. The van der Waals surface area contributed by atoms with Crippen molar-refractivity contribution in [2.24, 2.45) is 17.8 Å². The lowest BCUT2D eigenvalue weighted by Crippen LogP contribution is -2.60. The number of phenols is 1. The van der Waals surface area contributed by atoms with Gasteiger partial charge in [-0.1, -0.05) is 11.6 Å². The number of aromatic hydroxyl groups is 1. The van der Waals surface area contributed by atoms with Crippen molar-refractivity contribution in [1.82, 2.24) is 0 Å². The average Bonchev–Trinajstić information content (AvgIpc) is 3.45. The summed E-state index contributed by atoms with van der Waals surface area (Å²) < 4.78 is 78.8. The number of imide groups is 2. The van der Waals surface area contributed by atoms with Crippen molar-refractivity contribution < 1.29 is 55.8 Å². The molecule has 0 bridgehead atoms. The predicted molar refractivity (Wildman–Crippen MR) is 178 cm³/mol. The maximum atomic E-state index is 15.3. The number of amides is 4. The van der Waals surface area contributed by atoms with Crippen LogP contribution in [0.1, 0.15) is 41.6 Å². The van der Waals surface area contributed by atoms with Gasteiger partial charge >= 0.3 is 0 Å². The number of anilines is 2. The number of carbonyl (C=O) groups excluding carboxylic acids is 5. The largest absolute Gasteiger partial charge is 0.503 e. The smallest absolute Gasteiger partial charge is 0.258 e. The minimum absolute atomic E-state index is 0.000559. The number of nitrogens with zero attached hydrogens (tertiary/aromatic N) is 2. The molecule has 7 rings (SSSR count). The third kappa shape index (κ3) is 4.60. The summed E-state index contributed by atoms with van der Waals surface area (Å²) in [5, 5.41) is 10.6. The first-order valence-electron chi connectivity index (χ1n) is 15.5. The Hall–Kier alpha value is -4.34. The second-order valence-corrected chi connectivity index (χ2v) is 15.0. The molecule has 2 aliphatic heterocycles. The predicted octanol–water partition coefficient (Wildman–Crippen LogP) is 6.83. The van der Waals surface area contributed by atoms with Crippen LogP contribution in [0.15, 0.2) is 52.5 Å². The normalized spacial score (nSPS) is 28.2. The summed E-state index contributed by atoms with van der Waals surface area (Å²) in [6.07, 6.45) is 0.767. The fourth-order valence-corrected chi connectivity index (χ4v) is 9.35. The first kappa shape index (κ1) is 36.0. The number of hydrogen-bond donors (Lipinski definition) is 1. The van der Waals surface area contributed by atoms with Gasteiger partial charge < -0.3 is 9.84 Å². The summed E-state index contributed by atoms with van der Waals surface area (Å²) in [6, 6.07) is 8.23. The van der Waals surface area contributed by atoms with Gasteiger partial charge in [0.25, 0.3) is 11.8 Å². The van der Waals surface area contributed by atoms with E-state index in [0.717, 1.165) is 4.90 Å². The zero-order valence-corrected chi connectivity index (χ0v) is 29.7. The summed E-state index contributed by atoms with van der Waals surface area (Å²) in [5.41, 5.74) is -1.19. The number of alkyl halides is 2. The van der Waals surface area contributed by atoms with E-state index in [4.69, 9.17) is 27.9 Å². The number of methoxy groups -OCH3 is 1. The maximum Gasteiger partial charge on any atom is 0.258 e. The van der Waals surface area contributed by atoms with Gasteiger partial charge in [-0.2, -0.15) is 0 Å². The van der Waals surface area contributed by atoms with Gasteiger partial charge in [0, 0.05) is 11.5 Å². The zero-order chi connectivity index (χ0) is 37.9. The second kappa shape index (κ2) is 12.1. The molecule has 0 aromatic heterocycles. The Labute approximate surface area is 309 Å². The highest BCUT2D eigenvalue weighted by Crippen LogP contribution is 2.66. The fourth-order valence-electron chi connectivity index (χ4n) is 7.96. The van der Waals surface area contributed by atoms with E-state index in [9.17, 15) is 42.3 Å². The van der Waals surface area contributed by atoms with Crippen LogP contribution in [0.3, 0.4) is 0 Å². The molecule has 3 fully saturated rings. The van der Waals surface area contributed by atoms with Crippen molar-refractivity contribution in [3.05, 3.63) is 92.7 Å². The van der Waals surface area contributed by atoms with E-state index in [1.54, 1.807) is 0 Å². The van der Waals surface area contributed by atoms with Crippen LogP contribution in [0.25, 0.3) is 0 Å². The van der Waals surface area contributed by atoms with Crippen molar-refractivity contribution in [3.8, 4) is 11.5 Å².